The summed E-state index contributed by atoms with van der Waals surface area (Å²) >= 11 is 5.97. The number of carbonyl (C=O) groups is 1. The van der Waals surface area contributed by atoms with Gasteiger partial charge >= 0.3 is 0 Å². The number of pyridine rings is 2. The van der Waals surface area contributed by atoms with E-state index < -0.39 is 0 Å². The normalized spacial score (nSPS) is 10.7. The van der Waals surface area contributed by atoms with Crippen molar-refractivity contribution >= 4 is 28.8 Å². The Balaban J connectivity index is 1.39. The standard InChI is InChI=1S/C21H17ClN4O3/c1-28-17-4-2-3-5-18(17)29-21-9-7-15(11-23-21)25-20(27)10-16-13-26-12-14(22)6-8-19(26)24-16/h2-9,11-13H,10H2,1H3,(H,25,27). The number of halogens is 1. The highest BCUT2D eigenvalue weighted by molar-refractivity contribution is 6.30. The summed E-state index contributed by atoms with van der Waals surface area (Å²) in [6.45, 7) is 0. The van der Waals surface area contributed by atoms with Gasteiger partial charge in [-0.05, 0) is 30.3 Å². The molecule has 146 valence electrons. The topological polar surface area (TPSA) is 77.8 Å². The van der Waals surface area contributed by atoms with E-state index in [4.69, 9.17) is 21.1 Å². The van der Waals surface area contributed by atoms with Crippen molar-refractivity contribution in [3.8, 4) is 17.4 Å². The van der Waals surface area contributed by atoms with E-state index in [2.05, 4.69) is 15.3 Å². The van der Waals surface area contributed by atoms with Crippen molar-refractivity contribution in [2.24, 2.45) is 0 Å². The molecular weight excluding hydrogens is 392 g/mol. The third-order valence-corrected chi connectivity index (χ3v) is 4.33. The fourth-order valence-corrected chi connectivity index (χ4v) is 2.97. The Bertz CT molecular complexity index is 1160. The van der Waals surface area contributed by atoms with Gasteiger partial charge in [-0.1, -0.05) is 23.7 Å². The summed E-state index contributed by atoms with van der Waals surface area (Å²) in [6.07, 6.45) is 5.20. The molecule has 0 aliphatic heterocycles. The first-order chi connectivity index (χ1) is 14.1. The number of hydrogen-bond donors (Lipinski definition) is 1. The lowest BCUT2D eigenvalue weighted by molar-refractivity contribution is -0.115. The maximum Gasteiger partial charge on any atom is 0.230 e. The summed E-state index contributed by atoms with van der Waals surface area (Å²) in [7, 11) is 1.58. The molecule has 0 saturated carbocycles. The Hall–Kier alpha value is -3.58. The SMILES string of the molecule is COc1ccccc1Oc1ccc(NC(=O)Cc2cn3cc(Cl)ccc3n2)cn1. The van der Waals surface area contributed by atoms with E-state index in [1.807, 2.05) is 12.1 Å². The van der Waals surface area contributed by atoms with Crippen LogP contribution in [0.1, 0.15) is 5.69 Å². The molecule has 0 aliphatic carbocycles. The van der Waals surface area contributed by atoms with Crippen LogP contribution in [0.2, 0.25) is 5.02 Å². The van der Waals surface area contributed by atoms with E-state index in [-0.39, 0.29) is 12.3 Å². The lowest BCUT2D eigenvalue weighted by atomic mass is 10.3. The molecule has 0 atom stereocenters. The average molecular weight is 409 g/mol. The minimum absolute atomic E-state index is 0.138. The summed E-state index contributed by atoms with van der Waals surface area (Å²) in [5.41, 5.74) is 1.94. The molecule has 8 heteroatoms. The summed E-state index contributed by atoms with van der Waals surface area (Å²) < 4.78 is 12.8. The van der Waals surface area contributed by atoms with Crippen LogP contribution in [0.4, 0.5) is 5.69 Å². The van der Waals surface area contributed by atoms with Gasteiger partial charge in [0.1, 0.15) is 5.65 Å². The number of rotatable bonds is 6. The number of ether oxygens (including phenoxy) is 2. The van der Waals surface area contributed by atoms with Gasteiger partial charge in [-0.3, -0.25) is 4.79 Å². The molecule has 0 fully saturated rings. The fourth-order valence-electron chi connectivity index (χ4n) is 2.80. The maximum atomic E-state index is 12.3. The third-order valence-electron chi connectivity index (χ3n) is 4.11. The van der Waals surface area contributed by atoms with Crippen LogP contribution in [-0.2, 0) is 11.2 Å². The van der Waals surface area contributed by atoms with Crippen LogP contribution in [0.5, 0.6) is 17.4 Å². The molecule has 7 nitrogen and oxygen atoms in total. The monoisotopic (exact) mass is 408 g/mol. The molecule has 0 aliphatic rings. The van der Waals surface area contributed by atoms with Crippen LogP contribution in [-0.4, -0.2) is 27.4 Å². The number of nitrogens with zero attached hydrogens (tertiary/aromatic N) is 3. The number of hydrogen-bond acceptors (Lipinski definition) is 5. The number of methoxy groups -OCH3 is 1. The molecule has 3 heterocycles. The number of fused-ring (bicyclic) bond motifs is 1. The van der Waals surface area contributed by atoms with Crippen LogP contribution in [0.15, 0.2) is 67.1 Å². The summed E-state index contributed by atoms with van der Waals surface area (Å²) in [4.78, 5) is 21.0. The van der Waals surface area contributed by atoms with Crippen molar-refractivity contribution in [1.29, 1.82) is 0 Å². The third kappa shape index (κ3) is 4.47. The fraction of sp³-hybridized carbons (Fsp3) is 0.0952. The van der Waals surface area contributed by atoms with E-state index in [9.17, 15) is 4.79 Å². The van der Waals surface area contributed by atoms with Gasteiger partial charge in [0.05, 0.1) is 36.1 Å². The van der Waals surface area contributed by atoms with Gasteiger partial charge in [0, 0.05) is 18.5 Å². The molecule has 0 unspecified atom stereocenters. The van der Waals surface area contributed by atoms with Crippen LogP contribution in [0, 0.1) is 0 Å². The highest BCUT2D eigenvalue weighted by Gasteiger charge is 2.10. The van der Waals surface area contributed by atoms with Crippen molar-refractivity contribution < 1.29 is 14.3 Å². The Kier molecular flexibility index (Phi) is 5.31. The zero-order valence-corrected chi connectivity index (χ0v) is 16.3. The molecule has 0 bridgehead atoms. The van der Waals surface area contributed by atoms with Crippen molar-refractivity contribution in [1.82, 2.24) is 14.4 Å². The molecule has 1 aromatic carbocycles. The highest BCUT2D eigenvalue weighted by atomic mass is 35.5. The van der Waals surface area contributed by atoms with E-state index >= 15 is 0 Å². The second kappa shape index (κ2) is 8.20. The molecule has 0 saturated heterocycles. The number of anilines is 1. The lowest BCUT2D eigenvalue weighted by Gasteiger charge is -2.09. The van der Waals surface area contributed by atoms with Crippen LogP contribution < -0.4 is 14.8 Å². The molecule has 3 aromatic heterocycles. The molecule has 1 amide bonds. The van der Waals surface area contributed by atoms with E-state index in [0.29, 0.717) is 33.8 Å². The minimum Gasteiger partial charge on any atom is -0.493 e. The van der Waals surface area contributed by atoms with Gasteiger partial charge in [0.25, 0.3) is 0 Å². The smallest absolute Gasteiger partial charge is 0.230 e. The number of imidazole rings is 1. The zero-order chi connectivity index (χ0) is 20.2. The Labute approximate surface area is 171 Å². The molecule has 29 heavy (non-hydrogen) atoms. The average Bonchev–Trinajstić information content (AvgIpc) is 3.11. The van der Waals surface area contributed by atoms with E-state index in [1.54, 1.807) is 60.3 Å². The van der Waals surface area contributed by atoms with Crippen LogP contribution >= 0.6 is 11.6 Å². The summed E-state index contributed by atoms with van der Waals surface area (Å²) in [5, 5.41) is 3.41. The Morgan fingerprint density at radius 2 is 1.93 bits per heavy atom. The number of nitrogens with one attached hydrogen (secondary N) is 1. The number of carbonyl (C=O) groups excluding carboxylic acids is 1. The Morgan fingerprint density at radius 1 is 1.10 bits per heavy atom. The Morgan fingerprint density at radius 3 is 2.69 bits per heavy atom. The van der Waals surface area contributed by atoms with Crippen LogP contribution in [0.25, 0.3) is 5.65 Å². The number of benzene rings is 1. The summed E-state index contributed by atoms with van der Waals surface area (Å²) in [6, 6.07) is 14.3. The van der Waals surface area contributed by atoms with Crippen LogP contribution in [0.3, 0.4) is 0 Å². The summed E-state index contributed by atoms with van der Waals surface area (Å²) in [5.74, 6) is 1.37. The number of para-hydroxylation sites is 2. The molecule has 1 N–H and O–H groups in total. The largest absolute Gasteiger partial charge is 0.493 e. The first kappa shape index (κ1) is 18.8. The predicted octanol–water partition coefficient (Wildman–Crippen LogP) is 4.36. The number of aromatic nitrogens is 3. The molecular formula is C21H17ClN4O3. The molecule has 0 radical (unpaired) electrons. The first-order valence-corrected chi connectivity index (χ1v) is 9.18. The quantitative estimate of drug-likeness (QED) is 0.512. The minimum atomic E-state index is -0.195. The highest BCUT2D eigenvalue weighted by Crippen LogP contribution is 2.30. The van der Waals surface area contributed by atoms with Gasteiger partial charge < -0.3 is 19.2 Å². The second-order valence-electron chi connectivity index (χ2n) is 6.21. The predicted molar refractivity (Wildman–Crippen MR) is 110 cm³/mol. The zero-order valence-electron chi connectivity index (χ0n) is 15.5. The van der Waals surface area contributed by atoms with Gasteiger partial charge in [0.15, 0.2) is 11.5 Å². The van der Waals surface area contributed by atoms with Crippen molar-refractivity contribution in [3.05, 3.63) is 77.8 Å². The van der Waals surface area contributed by atoms with E-state index in [1.165, 1.54) is 6.20 Å². The van der Waals surface area contributed by atoms with Gasteiger partial charge in [-0.15, -0.1) is 0 Å². The van der Waals surface area contributed by atoms with Crippen molar-refractivity contribution in [3.63, 3.8) is 0 Å². The number of amides is 1. The van der Waals surface area contributed by atoms with Crippen molar-refractivity contribution in [2.45, 2.75) is 6.42 Å². The first-order valence-electron chi connectivity index (χ1n) is 8.80. The molecule has 4 aromatic rings. The van der Waals surface area contributed by atoms with Gasteiger partial charge in [-0.2, -0.15) is 0 Å². The maximum absolute atomic E-state index is 12.3. The van der Waals surface area contributed by atoms with Crippen molar-refractivity contribution in [2.75, 3.05) is 12.4 Å². The van der Waals surface area contributed by atoms with Gasteiger partial charge in [-0.25, -0.2) is 9.97 Å². The second-order valence-corrected chi connectivity index (χ2v) is 6.64. The lowest BCUT2D eigenvalue weighted by Crippen LogP contribution is -2.14. The van der Waals surface area contributed by atoms with Gasteiger partial charge in [0.2, 0.25) is 11.8 Å². The molecule has 0 spiro atoms. The van der Waals surface area contributed by atoms with E-state index in [0.717, 1.165) is 5.65 Å². The molecule has 4 rings (SSSR count).